The van der Waals surface area contributed by atoms with Gasteiger partial charge in [0.15, 0.2) is 5.82 Å². The Labute approximate surface area is 122 Å². The highest BCUT2D eigenvalue weighted by atomic mass is 35.5. The molecule has 0 fully saturated rings. The summed E-state index contributed by atoms with van der Waals surface area (Å²) in [6.07, 6.45) is 0. The van der Waals surface area contributed by atoms with Gasteiger partial charge in [0, 0.05) is 0 Å². The molecule has 3 aromatic rings. The second-order valence-electron chi connectivity index (χ2n) is 3.95. The van der Waals surface area contributed by atoms with Gasteiger partial charge in [-0.25, -0.2) is 14.1 Å². The summed E-state index contributed by atoms with van der Waals surface area (Å²) in [5.74, 6) is 0.296. The number of rotatable bonds is 1. The van der Waals surface area contributed by atoms with E-state index in [1.165, 1.54) is 6.07 Å². The Hall–Kier alpha value is -1.94. The Bertz CT molecular complexity index is 737. The van der Waals surface area contributed by atoms with Gasteiger partial charge in [-0.1, -0.05) is 37.6 Å². The minimum absolute atomic E-state index is 0.279. The number of fused-ring (bicyclic) bond motifs is 1. The molecular formula is C15H15ClFN3. The van der Waals surface area contributed by atoms with Crippen molar-refractivity contribution in [3.63, 3.8) is 0 Å². The largest absolute Gasteiger partial charge is 0.217 e. The fourth-order valence-corrected chi connectivity index (χ4v) is 2.15. The molecular weight excluding hydrogens is 277 g/mol. The molecule has 0 amide bonds. The zero-order valence-electron chi connectivity index (χ0n) is 11.6. The van der Waals surface area contributed by atoms with E-state index in [9.17, 15) is 4.39 Å². The molecule has 0 saturated heterocycles. The monoisotopic (exact) mass is 291 g/mol. The summed E-state index contributed by atoms with van der Waals surface area (Å²) in [7, 11) is 0. The van der Waals surface area contributed by atoms with Gasteiger partial charge in [0.05, 0.1) is 16.6 Å². The second-order valence-corrected chi connectivity index (χ2v) is 4.34. The Morgan fingerprint density at radius 2 is 1.80 bits per heavy atom. The van der Waals surface area contributed by atoms with Gasteiger partial charge in [-0.2, -0.15) is 5.10 Å². The van der Waals surface area contributed by atoms with E-state index in [4.69, 9.17) is 11.6 Å². The third-order valence-corrected chi connectivity index (χ3v) is 2.96. The average molecular weight is 292 g/mol. The lowest BCUT2D eigenvalue weighted by Gasteiger charge is -2.02. The molecule has 0 bridgehead atoms. The maximum absolute atomic E-state index is 13.8. The minimum Gasteiger partial charge on any atom is -0.217 e. The minimum atomic E-state index is -0.279. The zero-order chi connectivity index (χ0) is 14.7. The Morgan fingerprint density at radius 1 is 1.10 bits per heavy atom. The predicted octanol–water partition coefficient (Wildman–Crippen LogP) is 4.55. The van der Waals surface area contributed by atoms with Crippen molar-refractivity contribution in [1.82, 2.24) is 14.8 Å². The molecule has 2 heterocycles. The van der Waals surface area contributed by atoms with Crippen molar-refractivity contribution in [2.24, 2.45) is 0 Å². The standard InChI is InChI=1S/C13H9ClFN3.C2H6/c1-8-13-9(15)4-2-5-10(13)18(17-8)12-7-3-6-11(14)16-12;1-2/h2-7H,1H3;1-2H3. The fourth-order valence-electron chi connectivity index (χ4n) is 1.99. The van der Waals surface area contributed by atoms with Gasteiger partial charge in [-0.3, -0.25) is 0 Å². The van der Waals surface area contributed by atoms with Crippen molar-refractivity contribution in [3.8, 4) is 5.82 Å². The fraction of sp³-hybridized carbons (Fsp3) is 0.200. The smallest absolute Gasteiger partial charge is 0.155 e. The quantitative estimate of drug-likeness (QED) is 0.616. The normalized spacial score (nSPS) is 10.2. The molecule has 3 nitrogen and oxygen atoms in total. The van der Waals surface area contributed by atoms with Crippen molar-refractivity contribution in [3.05, 3.63) is 53.1 Å². The van der Waals surface area contributed by atoms with Crippen LogP contribution in [0.2, 0.25) is 5.15 Å². The first-order valence-electron chi connectivity index (χ1n) is 6.43. The summed E-state index contributed by atoms with van der Waals surface area (Å²) in [5.41, 5.74) is 1.31. The molecule has 0 radical (unpaired) electrons. The number of pyridine rings is 1. The topological polar surface area (TPSA) is 30.7 Å². The van der Waals surface area contributed by atoms with Gasteiger partial charge < -0.3 is 0 Å². The summed E-state index contributed by atoms with van der Waals surface area (Å²) in [5, 5.41) is 5.21. The molecule has 1 aromatic carbocycles. The number of aromatic nitrogens is 3. The van der Waals surface area contributed by atoms with Gasteiger partial charge in [0.1, 0.15) is 11.0 Å². The molecule has 0 saturated carbocycles. The summed E-state index contributed by atoms with van der Waals surface area (Å²) in [6.45, 7) is 5.77. The van der Waals surface area contributed by atoms with Crippen LogP contribution in [0.4, 0.5) is 4.39 Å². The first-order chi connectivity index (χ1) is 9.66. The lowest BCUT2D eigenvalue weighted by atomic mass is 10.2. The van der Waals surface area contributed by atoms with E-state index in [2.05, 4.69) is 10.1 Å². The number of nitrogens with zero attached hydrogens (tertiary/aromatic N) is 3. The van der Waals surface area contributed by atoms with E-state index in [0.717, 1.165) is 0 Å². The van der Waals surface area contributed by atoms with Crippen molar-refractivity contribution in [2.75, 3.05) is 0 Å². The van der Waals surface area contributed by atoms with Gasteiger partial charge in [0.2, 0.25) is 0 Å². The van der Waals surface area contributed by atoms with E-state index < -0.39 is 0 Å². The average Bonchev–Trinajstić information content (AvgIpc) is 2.80. The summed E-state index contributed by atoms with van der Waals surface area (Å²) >= 11 is 5.86. The number of halogens is 2. The van der Waals surface area contributed by atoms with E-state index in [-0.39, 0.29) is 5.82 Å². The number of benzene rings is 1. The van der Waals surface area contributed by atoms with Crippen LogP contribution in [-0.4, -0.2) is 14.8 Å². The number of hydrogen-bond donors (Lipinski definition) is 0. The van der Waals surface area contributed by atoms with Crippen LogP contribution in [0.5, 0.6) is 0 Å². The molecule has 104 valence electrons. The van der Waals surface area contributed by atoms with Crippen LogP contribution in [0.1, 0.15) is 19.5 Å². The maximum Gasteiger partial charge on any atom is 0.155 e. The van der Waals surface area contributed by atoms with Crippen LogP contribution in [-0.2, 0) is 0 Å². The van der Waals surface area contributed by atoms with Crippen LogP contribution in [0.15, 0.2) is 36.4 Å². The third kappa shape index (κ3) is 2.51. The van der Waals surface area contributed by atoms with Gasteiger partial charge in [0.25, 0.3) is 0 Å². The van der Waals surface area contributed by atoms with Crippen LogP contribution in [0.25, 0.3) is 16.7 Å². The summed E-state index contributed by atoms with van der Waals surface area (Å²) < 4.78 is 15.4. The molecule has 0 spiro atoms. The van der Waals surface area contributed by atoms with Crippen LogP contribution < -0.4 is 0 Å². The van der Waals surface area contributed by atoms with Crippen molar-refractivity contribution in [2.45, 2.75) is 20.8 Å². The lowest BCUT2D eigenvalue weighted by Crippen LogP contribution is -1.99. The highest BCUT2D eigenvalue weighted by Crippen LogP contribution is 2.23. The molecule has 0 N–H and O–H groups in total. The molecule has 3 rings (SSSR count). The first-order valence-corrected chi connectivity index (χ1v) is 6.81. The van der Waals surface area contributed by atoms with Gasteiger partial charge >= 0.3 is 0 Å². The van der Waals surface area contributed by atoms with E-state index >= 15 is 0 Å². The van der Waals surface area contributed by atoms with Crippen LogP contribution in [0.3, 0.4) is 0 Å². The summed E-state index contributed by atoms with van der Waals surface area (Å²) in [6, 6.07) is 10.1. The highest BCUT2D eigenvalue weighted by molar-refractivity contribution is 6.29. The Morgan fingerprint density at radius 3 is 2.50 bits per heavy atom. The molecule has 0 aliphatic carbocycles. The Kier molecular flexibility index (Phi) is 4.35. The molecule has 0 aliphatic rings. The molecule has 5 heteroatoms. The maximum atomic E-state index is 13.8. The van der Waals surface area contributed by atoms with Crippen LogP contribution in [0, 0.1) is 12.7 Å². The van der Waals surface area contributed by atoms with Crippen LogP contribution >= 0.6 is 11.6 Å². The van der Waals surface area contributed by atoms with E-state index in [1.54, 1.807) is 41.9 Å². The first kappa shape index (κ1) is 14.5. The molecule has 0 aliphatic heterocycles. The molecule has 2 aromatic heterocycles. The second kappa shape index (κ2) is 6.01. The molecule has 0 atom stereocenters. The lowest BCUT2D eigenvalue weighted by molar-refractivity contribution is 0.639. The van der Waals surface area contributed by atoms with Crippen molar-refractivity contribution >= 4 is 22.5 Å². The Balaban J connectivity index is 0.000000704. The number of aryl methyl sites for hydroxylation is 1. The molecule has 0 unspecified atom stereocenters. The summed E-state index contributed by atoms with van der Waals surface area (Å²) in [4.78, 5) is 4.18. The highest BCUT2D eigenvalue weighted by Gasteiger charge is 2.13. The molecule has 20 heavy (non-hydrogen) atoms. The van der Waals surface area contributed by atoms with Gasteiger partial charge in [-0.05, 0) is 31.2 Å². The number of hydrogen-bond acceptors (Lipinski definition) is 2. The zero-order valence-corrected chi connectivity index (χ0v) is 12.3. The van der Waals surface area contributed by atoms with Crippen molar-refractivity contribution in [1.29, 1.82) is 0 Å². The predicted molar refractivity (Wildman–Crippen MR) is 79.9 cm³/mol. The van der Waals surface area contributed by atoms with Crippen molar-refractivity contribution < 1.29 is 4.39 Å². The van der Waals surface area contributed by atoms with E-state index in [1.807, 2.05) is 13.8 Å². The van der Waals surface area contributed by atoms with E-state index in [0.29, 0.717) is 27.6 Å². The van der Waals surface area contributed by atoms with Gasteiger partial charge in [-0.15, -0.1) is 0 Å². The SMILES string of the molecule is CC.Cc1nn(-c2cccc(Cl)n2)c2cccc(F)c12. The third-order valence-electron chi connectivity index (χ3n) is 2.75.